The van der Waals surface area contributed by atoms with E-state index in [0.29, 0.717) is 17.8 Å². The van der Waals surface area contributed by atoms with Gasteiger partial charge in [0.05, 0.1) is 10.6 Å². The summed E-state index contributed by atoms with van der Waals surface area (Å²) < 4.78 is 26.8. The summed E-state index contributed by atoms with van der Waals surface area (Å²) in [5, 5.41) is 2.91. The second kappa shape index (κ2) is 9.71. The lowest BCUT2D eigenvalue weighted by molar-refractivity contribution is 0.0938. The van der Waals surface area contributed by atoms with Crippen LogP contribution in [0, 0.1) is 0 Å². The van der Waals surface area contributed by atoms with Crippen molar-refractivity contribution < 1.29 is 13.2 Å². The Labute approximate surface area is 168 Å². The van der Waals surface area contributed by atoms with Crippen molar-refractivity contribution in [1.29, 1.82) is 0 Å². The molecule has 1 amide bonds. The van der Waals surface area contributed by atoms with E-state index in [4.69, 9.17) is 0 Å². The fourth-order valence-electron chi connectivity index (χ4n) is 3.03. The Balaban J connectivity index is 2.07. The number of hydrogen-bond acceptors (Lipinski definition) is 4. The molecule has 0 heterocycles. The van der Waals surface area contributed by atoms with Crippen LogP contribution in [-0.2, 0) is 10.0 Å². The number of anilines is 1. The molecule has 0 radical (unpaired) electrons. The highest BCUT2D eigenvalue weighted by atomic mass is 32.2. The van der Waals surface area contributed by atoms with Crippen molar-refractivity contribution in [1.82, 2.24) is 10.2 Å². The zero-order chi connectivity index (χ0) is 20.7. The van der Waals surface area contributed by atoms with Crippen molar-refractivity contribution >= 4 is 21.6 Å². The van der Waals surface area contributed by atoms with E-state index in [1.165, 1.54) is 23.5 Å². The molecule has 2 rings (SSSR count). The molecule has 2 aromatic carbocycles. The Morgan fingerprint density at radius 3 is 2.11 bits per heavy atom. The summed E-state index contributed by atoms with van der Waals surface area (Å²) in [6, 6.07) is 15.1. The molecular formula is C21H29N3O3S. The van der Waals surface area contributed by atoms with Crippen LogP contribution in [0.2, 0.25) is 0 Å². The number of rotatable bonds is 9. The van der Waals surface area contributed by atoms with Gasteiger partial charge in [0.25, 0.3) is 15.9 Å². The highest BCUT2D eigenvalue weighted by Crippen LogP contribution is 2.21. The zero-order valence-corrected chi connectivity index (χ0v) is 17.7. The topological polar surface area (TPSA) is 69.7 Å². The minimum atomic E-state index is -3.68. The predicted octanol–water partition coefficient (Wildman–Crippen LogP) is 2.97. The summed E-state index contributed by atoms with van der Waals surface area (Å²) in [6.07, 6.45) is 0. The number of amides is 1. The summed E-state index contributed by atoms with van der Waals surface area (Å²) in [4.78, 5) is 14.8. The molecule has 1 N–H and O–H groups in total. The first-order chi connectivity index (χ1) is 13.3. The van der Waals surface area contributed by atoms with Crippen LogP contribution in [0.25, 0.3) is 0 Å². The van der Waals surface area contributed by atoms with Gasteiger partial charge >= 0.3 is 0 Å². The van der Waals surface area contributed by atoms with Gasteiger partial charge in [-0.1, -0.05) is 32.0 Å². The number of nitrogens with one attached hydrogen (secondary N) is 1. The van der Waals surface area contributed by atoms with Gasteiger partial charge in [0.1, 0.15) is 0 Å². The largest absolute Gasteiger partial charge is 0.350 e. The molecule has 0 aliphatic rings. The number of hydrogen-bond donors (Lipinski definition) is 1. The standard InChI is InChI=1S/C21H29N3O3S/c1-5-24(6-2)17(3)16-22-21(25)18-12-14-20(15-13-18)28(26,27)23(4)19-10-8-7-9-11-19/h7-15,17H,5-6,16H2,1-4H3,(H,22,25). The number of carbonyl (C=O) groups is 1. The minimum Gasteiger partial charge on any atom is -0.350 e. The van der Waals surface area contributed by atoms with Gasteiger partial charge in [-0.2, -0.15) is 0 Å². The average molecular weight is 404 g/mol. The molecule has 6 nitrogen and oxygen atoms in total. The maximum atomic E-state index is 12.8. The molecule has 0 saturated carbocycles. The van der Waals surface area contributed by atoms with Gasteiger partial charge in [-0.3, -0.25) is 14.0 Å². The van der Waals surface area contributed by atoms with E-state index in [0.717, 1.165) is 13.1 Å². The number of sulfonamides is 1. The van der Waals surface area contributed by atoms with E-state index >= 15 is 0 Å². The first-order valence-electron chi connectivity index (χ1n) is 9.47. The summed E-state index contributed by atoms with van der Waals surface area (Å²) in [5.41, 5.74) is 1.02. The SMILES string of the molecule is CCN(CC)C(C)CNC(=O)c1ccc(S(=O)(=O)N(C)c2ccccc2)cc1. The molecule has 0 saturated heterocycles. The summed E-state index contributed by atoms with van der Waals surface area (Å²) in [6.45, 7) is 8.64. The predicted molar refractivity (Wildman–Crippen MR) is 113 cm³/mol. The van der Waals surface area contributed by atoms with Gasteiger partial charge in [0, 0.05) is 25.2 Å². The number of carbonyl (C=O) groups excluding carboxylic acids is 1. The quantitative estimate of drug-likeness (QED) is 0.699. The molecule has 1 atom stereocenters. The molecule has 152 valence electrons. The summed E-state index contributed by atoms with van der Waals surface area (Å²) in [7, 11) is -2.17. The first-order valence-corrected chi connectivity index (χ1v) is 10.9. The molecule has 0 spiro atoms. The molecule has 2 aromatic rings. The Bertz CT molecular complexity index is 864. The smallest absolute Gasteiger partial charge is 0.264 e. The molecule has 1 unspecified atom stereocenters. The van der Waals surface area contributed by atoms with Crippen molar-refractivity contribution in [3.05, 3.63) is 60.2 Å². The third kappa shape index (κ3) is 5.11. The highest BCUT2D eigenvalue weighted by molar-refractivity contribution is 7.92. The van der Waals surface area contributed by atoms with Crippen LogP contribution in [0.1, 0.15) is 31.1 Å². The van der Waals surface area contributed by atoms with Gasteiger partial charge in [-0.05, 0) is 56.4 Å². The van der Waals surface area contributed by atoms with Crippen molar-refractivity contribution in [3.8, 4) is 0 Å². The fraction of sp³-hybridized carbons (Fsp3) is 0.381. The average Bonchev–Trinajstić information content (AvgIpc) is 2.73. The van der Waals surface area contributed by atoms with Crippen molar-refractivity contribution in [2.45, 2.75) is 31.7 Å². The second-order valence-electron chi connectivity index (χ2n) is 6.61. The maximum absolute atomic E-state index is 12.8. The van der Waals surface area contributed by atoms with Crippen molar-refractivity contribution in [3.63, 3.8) is 0 Å². The number of benzene rings is 2. The van der Waals surface area contributed by atoms with Crippen LogP contribution < -0.4 is 9.62 Å². The van der Waals surface area contributed by atoms with Crippen LogP contribution >= 0.6 is 0 Å². The molecule has 28 heavy (non-hydrogen) atoms. The minimum absolute atomic E-state index is 0.145. The molecule has 0 fully saturated rings. The Morgan fingerprint density at radius 1 is 1.00 bits per heavy atom. The van der Waals surface area contributed by atoms with E-state index in [2.05, 4.69) is 31.0 Å². The Morgan fingerprint density at radius 2 is 1.57 bits per heavy atom. The molecule has 0 aliphatic carbocycles. The number of nitrogens with zero attached hydrogens (tertiary/aromatic N) is 2. The van der Waals surface area contributed by atoms with E-state index in [1.54, 1.807) is 36.4 Å². The van der Waals surface area contributed by atoms with Crippen molar-refractivity contribution in [2.24, 2.45) is 0 Å². The molecule has 0 aromatic heterocycles. The van der Waals surface area contributed by atoms with Crippen LogP contribution in [0.5, 0.6) is 0 Å². The van der Waals surface area contributed by atoms with Gasteiger partial charge in [0.2, 0.25) is 0 Å². The van der Waals surface area contributed by atoms with Crippen LogP contribution in [0.15, 0.2) is 59.5 Å². The lowest BCUT2D eigenvalue weighted by Crippen LogP contribution is -2.42. The fourth-order valence-corrected chi connectivity index (χ4v) is 4.23. The monoisotopic (exact) mass is 403 g/mol. The normalized spacial score (nSPS) is 12.6. The molecule has 0 bridgehead atoms. The van der Waals surface area contributed by atoms with E-state index in [-0.39, 0.29) is 16.8 Å². The third-order valence-corrected chi connectivity index (χ3v) is 6.69. The maximum Gasteiger partial charge on any atom is 0.264 e. The van der Waals surface area contributed by atoms with Gasteiger partial charge in [-0.25, -0.2) is 8.42 Å². The van der Waals surface area contributed by atoms with E-state index < -0.39 is 10.0 Å². The van der Waals surface area contributed by atoms with Gasteiger partial charge < -0.3 is 5.32 Å². The molecule has 7 heteroatoms. The summed E-state index contributed by atoms with van der Waals surface area (Å²) in [5.74, 6) is -0.209. The Kier molecular flexibility index (Phi) is 7.60. The lowest BCUT2D eigenvalue weighted by atomic mass is 10.2. The van der Waals surface area contributed by atoms with E-state index in [1.807, 2.05) is 6.07 Å². The van der Waals surface area contributed by atoms with Gasteiger partial charge in [0.15, 0.2) is 0 Å². The molecule has 0 aliphatic heterocycles. The van der Waals surface area contributed by atoms with Crippen LogP contribution in [0.3, 0.4) is 0 Å². The lowest BCUT2D eigenvalue weighted by Gasteiger charge is -2.26. The van der Waals surface area contributed by atoms with Gasteiger partial charge in [-0.15, -0.1) is 0 Å². The second-order valence-corrected chi connectivity index (χ2v) is 8.58. The summed E-state index contributed by atoms with van der Waals surface area (Å²) >= 11 is 0. The first kappa shape index (κ1) is 21.9. The third-order valence-electron chi connectivity index (χ3n) is 4.89. The van der Waals surface area contributed by atoms with Crippen LogP contribution in [-0.4, -0.2) is 51.9 Å². The number of likely N-dealkylation sites (N-methyl/N-ethyl adjacent to an activating group) is 1. The molecular weight excluding hydrogens is 374 g/mol. The number of para-hydroxylation sites is 1. The van der Waals surface area contributed by atoms with Crippen molar-refractivity contribution in [2.75, 3.05) is 31.0 Å². The van der Waals surface area contributed by atoms with Crippen LogP contribution in [0.4, 0.5) is 5.69 Å². The highest BCUT2D eigenvalue weighted by Gasteiger charge is 2.21. The van der Waals surface area contributed by atoms with E-state index in [9.17, 15) is 13.2 Å². The Hall–Kier alpha value is -2.38. The zero-order valence-electron chi connectivity index (χ0n) is 16.9.